The lowest BCUT2D eigenvalue weighted by Gasteiger charge is -2.18. The Morgan fingerprint density at radius 1 is 1.17 bits per heavy atom. The molecule has 0 radical (unpaired) electrons. The number of halogens is 1. The Labute approximate surface area is 212 Å². The van der Waals surface area contributed by atoms with Crippen molar-refractivity contribution in [1.82, 2.24) is 14.7 Å². The number of sulfonamides is 1. The molecule has 2 fully saturated rings. The van der Waals surface area contributed by atoms with Crippen LogP contribution in [-0.4, -0.2) is 28.7 Å². The van der Waals surface area contributed by atoms with E-state index in [-0.39, 0.29) is 5.82 Å². The number of rotatable bonds is 7. The van der Waals surface area contributed by atoms with Crippen LogP contribution in [0.3, 0.4) is 0 Å². The maximum absolute atomic E-state index is 12.9. The molecule has 10 heteroatoms. The van der Waals surface area contributed by atoms with Crippen molar-refractivity contribution in [1.29, 1.82) is 0 Å². The molecule has 4 aromatic rings. The molecule has 0 aliphatic heterocycles. The summed E-state index contributed by atoms with van der Waals surface area (Å²) in [5.41, 5.74) is 8.10. The maximum Gasteiger partial charge on any atom is 0.215 e. The smallest absolute Gasteiger partial charge is 0.215 e. The molecule has 0 bridgehead atoms. The molecule has 2 saturated carbocycles. The van der Waals surface area contributed by atoms with Gasteiger partial charge in [-0.1, -0.05) is 29.8 Å². The quantitative estimate of drug-likeness (QED) is 0.320. The Balaban J connectivity index is 1.47. The molecular weight excluding hydrogens is 504 g/mol. The average Bonchev–Trinajstić information content (AvgIpc) is 3.77. The number of fused-ring (bicyclic) bond motifs is 1. The monoisotopic (exact) mass is 526 g/mol. The zero-order chi connectivity index (χ0) is 24.4. The molecule has 0 amide bonds. The number of aliphatic hydroxyl groups is 1. The lowest BCUT2D eigenvalue weighted by Crippen LogP contribution is -2.32. The molecule has 3 aromatic heterocycles. The van der Waals surface area contributed by atoms with Gasteiger partial charge in [0.05, 0.1) is 33.3 Å². The molecule has 1 aromatic carbocycles. The van der Waals surface area contributed by atoms with Crippen LogP contribution in [0.5, 0.6) is 0 Å². The van der Waals surface area contributed by atoms with Crippen molar-refractivity contribution in [2.24, 2.45) is 0 Å². The Bertz CT molecular complexity index is 1560. The first kappa shape index (κ1) is 22.9. The highest BCUT2D eigenvalue weighted by Gasteiger charge is 2.42. The average molecular weight is 527 g/mol. The highest BCUT2D eigenvalue weighted by Crippen LogP contribution is 2.46. The number of nitrogen functional groups attached to an aromatic ring is 1. The van der Waals surface area contributed by atoms with Gasteiger partial charge < -0.3 is 10.8 Å². The largest absolute Gasteiger partial charge is 0.385 e. The van der Waals surface area contributed by atoms with Gasteiger partial charge in [0.2, 0.25) is 10.0 Å². The summed E-state index contributed by atoms with van der Waals surface area (Å²) in [5, 5.41) is 11.5. The molecule has 7 nitrogen and oxygen atoms in total. The molecule has 3 heterocycles. The van der Waals surface area contributed by atoms with Crippen LogP contribution in [0.4, 0.5) is 5.82 Å². The van der Waals surface area contributed by atoms with E-state index in [0.717, 1.165) is 44.6 Å². The molecular formula is C25H23ClN4O3S2. The van der Waals surface area contributed by atoms with Crippen molar-refractivity contribution < 1.29 is 13.5 Å². The summed E-state index contributed by atoms with van der Waals surface area (Å²) in [6, 6.07) is 14.1. The predicted molar refractivity (Wildman–Crippen MR) is 139 cm³/mol. The second-order valence-corrected chi connectivity index (χ2v) is 12.7. The molecule has 6 rings (SSSR count). The number of hydrogen-bond donors (Lipinski definition) is 3. The summed E-state index contributed by atoms with van der Waals surface area (Å²) < 4.78 is 29.7. The number of benzene rings is 1. The zero-order valence-electron chi connectivity index (χ0n) is 18.6. The van der Waals surface area contributed by atoms with Crippen LogP contribution in [0.25, 0.3) is 21.3 Å². The number of nitrogens with zero attached hydrogens (tertiary/aromatic N) is 2. The van der Waals surface area contributed by atoms with E-state index in [1.807, 2.05) is 36.4 Å². The molecule has 2 aliphatic rings. The number of pyridine rings is 2. The third-order valence-electron chi connectivity index (χ3n) is 6.56. The first-order valence-corrected chi connectivity index (χ1v) is 14.1. The summed E-state index contributed by atoms with van der Waals surface area (Å²) in [6.45, 7) is 0. The molecule has 2 aliphatic carbocycles. The second kappa shape index (κ2) is 8.25. The van der Waals surface area contributed by atoms with Crippen molar-refractivity contribution in [3.63, 3.8) is 0 Å². The number of aromatic nitrogens is 2. The summed E-state index contributed by atoms with van der Waals surface area (Å²) >= 11 is 7.94. The number of anilines is 1. The molecule has 1 atom stereocenters. The van der Waals surface area contributed by atoms with Crippen LogP contribution in [0.15, 0.2) is 54.7 Å². The lowest BCUT2D eigenvalue weighted by atomic mass is 10.0. The molecule has 35 heavy (non-hydrogen) atoms. The normalized spacial score (nSPS) is 18.0. The number of thiophene rings is 1. The van der Waals surface area contributed by atoms with E-state index in [2.05, 4.69) is 14.7 Å². The van der Waals surface area contributed by atoms with Crippen LogP contribution >= 0.6 is 22.9 Å². The first-order chi connectivity index (χ1) is 16.7. The summed E-state index contributed by atoms with van der Waals surface area (Å²) in [4.78, 5) is 9.72. The van der Waals surface area contributed by atoms with Gasteiger partial charge in [0, 0.05) is 21.3 Å². The van der Waals surface area contributed by atoms with Crippen LogP contribution in [0, 0.1) is 0 Å². The first-order valence-electron chi connectivity index (χ1n) is 11.4. The van der Waals surface area contributed by atoms with Crippen LogP contribution in [-0.2, 0) is 15.6 Å². The Morgan fingerprint density at radius 2 is 1.97 bits per heavy atom. The van der Waals surface area contributed by atoms with E-state index in [4.69, 9.17) is 17.3 Å². The van der Waals surface area contributed by atoms with Crippen LogP contribution in [0.2, 0.25) is 5.02 Å². The SMILES string of the molecule is Nc1ccc(Cl)c(C(NS(=O)(=O)C2CC2)c2cc3cccc(-c4cc(C5(O)CC5)ccn4)c3s2)n1. The standard InChI is InChI=1S/C25H23ClN4O3S2/c26-18-6-7-21(27)29-22(18)23(30-35(32,33)16-4-5-16)20-12-14-2-1-3-17(24(14)34-20)19-13-15(8-11-28-19)25(31)9-10-25/h1-3,6-8,11-13,16,23,30-31H,4-5,9-10H2,(H2,27,29). The van der Waals surface area contributed by atoms with Crippen molar-refractivity contribution >= 4 is 48.9 Å². The fourth-order valence-corrected chi connectivity index (χ4v) is 7.31. The fourth-order valence-electron chi connectivity index (χ4n) is 4.26. The number of hydrogen-bond acceptors (Lipinski definition) is 7. The minimum Gasteiger partial charge on any atom is -0.385 e. The van der Waals surface area contributed by atoms with Gasteiger partial charge in [-0.2, -0.15) is 0 Å². The molecule has 0 saturated heterocycles. The van der Waals surface area contributed by atoms with Gasteiger partial charge in [-0.3, -0.25) is 4.98 Å². The van der Waals surface area contributed by atoms with Gasteiger partial charge in [0.1, 0.15) is 5.82 Å². The maximum atomic E-state index is 12.9. The van der Waals surface area contributed by atoms with Crippen molar-refractivity contribution in [3.8, 4) is 11.3 Å². The van der Waals surface area contributed by atoms with E-state index in [1.54, 1.807) is 18.3 Å². The molecule has 1 unspecified atom stereocenters. The van der Waals surface area contributed by atoms with E-state index in [0.29, 0.717) is 23.6 Å². The van der Waals surface area contributed by atoms with Crippen molar-refractivity contribution in [3.05, 3.63) is 75.9 Å². The summed E-state index contributed by atoms with van der Waals surface area (Å²) in [5.74, 6) is 0.265. The van der Waals surface area contributed by atoms with Gasteiger partial charge in [0.25, 0.3) is 0 Å². The van der Waals surface area contributed by atoms with E-state index in [1.165, 1.54) is 11.3 Å². The summed E-state index contributed by atoms with van der Waals surface area (Å²) in [6.07, 6.45) is 4.51. The third-order valence-corrected chi connectivity index (χ3v) is 10.0. The van der Waals surface area contributed by atoms with Crippen molar-refractivity contribution in [2.45, 2.75) is 42.6 Å². The van der Waals surface area contributed by atoms with Crippen LogP contribution in [0.1, 0.15) is 47.9 Å². The minimum atomic E-state index is -3.55. The number of nitrogens with two attached hydrogens (primary N) is 1. The molecule has 180 valence electrons. The topological polar surface area (TPSA) is 118 Å². The second-order valence-electron chi connectivity index (χ2n) is 9.23. The van der Waals surface area contributed by atoms with Gasteiger partial charge in [0.15, 0.2) is 0 Å². The van der Waals surface area contributed by atoms with E-state index in [9.17, 15) is 13.5 Å². The Hall–Kier alpha value is -2.56. The predicted octanol–water partition coefficient (Wildman–Crippen LogP) is 4.75. The van der Waals surface area contributed by atoms with Crippen molar-refractivity contribution in [2.75, 3.05) is 5.73 Å². The van der Waals surface area contributed by atoms with Gasteiger partial charge in [-0.05, 0) is 67.0 Å². The summed E-state index contributed by atoms with van der Waals surface area (Å²) in [7, 11) is -3.55. The third kappa shape index (κ3) is 4.32. The lowest BCUT2D eigenvalue weighted by molar-refractivity contribution is 0.151. The minimum absolute atomic E-state index is 0.265. The van der Waals surface area contributed by atoms with Gasteiger partial charge in [-0.15, -0.1) is 11.3 Å². The molecule has 4 N–H and O–H groups in total. The zero-order valence-corrected chi connectivity index (χ0v) is 21.0. The number of nitrogens with one attached hydrogen (secondary N) is 1. The van der Waals surface area contributed by atoms with E-state index < -0.39 is 26.9 Å². The van der Waals surface area contributed by atoms with Gasteiger partial charge in [-0.25, -0.2) is 18.1 Å². The fraction of sp³-hybridized carbons (Fsp3) is 0.280. The highest BCUT2D eigenvalue weighted by atomic mass is 35.5. The molecule has 0 spiro atoms. The van der Waals surface area contributed by atoms with E-state index >= 15 is 0 Å². The Kier molecular flexibility index (Phi) is 5.39. The Morgan fingerprint density at radius 3 is 2.71 bits per heavy atom. The van der Waals surface area contributed by atoms with Gasteiger partial charge >= 0.3 is 0 Å². The highest BCUT2D eigenvalue weighted by molar-refractivity contribution is 7.90. The van der Waals surface area contributed by atoms with Crippen LogP contribution < -0.4 is 10.5 Å².